The molecule has 2 aliphatic heterocycles. The van der Waals surface area contributed by atoms with Gasteiger partial charge in [-0.15, -0.1) is 0 Å². The summed E-state index contributed by atoms with van der Waals surface area (Å²) in [5, 5.41) is 103. The minimum atomic E-state index is -4.19. The van der Waals surface area contributed by atoms with Crippen LogP contribution in [0, 0.1) is 0 Å². The SMILES string of the molecule is CC1(C)C(/C=C/C=C/C=C/C=C2/N(CCCCS(=O)(=O)O)c3ccc(C(=O)NC[C@@H](O)[C@H](O)[C@@H](O)[C@@H](O)CO)cc3C2(C)C)=[N+](CCCCS(=O)(=O)O)c2ccc(C(=O)NC[C@@H](O)[C@H](O)[C@@H](O)[C@@H](O)CO)cc21. The lowest BCUT2D eigenvalue weighted by atomic mass is 9.80. The van der Waals surface area contributed by atoms with Crippen LogP contribution in [0.1, 0.15) is 85.2 Å². The number of fused-ring (bicyclic) bond motifs is 2. The van der Waals surface area contributed by atoms with E-state index >= 15 is 0 Å². The van der Waals surface area contributed by atoms with Crippen LogP contribution in [0.15, 0.2) is 84.6 Å². The van der Waals surface area contributed by atoms with Crippen LogP contribution >= 0.6 is 0 Å². The van der Waals surface area contributed by atoms with Crippen LogP contribution in [-0.4, -0.2) is 199 Å². The van der Waals surface area contributed by atoms with E-state index in [0.29, 0.717) is 25.9 Å². The highest BCUT2D eigenvalue weighted by Gasteiger charge is 2.45. The van der Waals surface area contributed by atoms with Gasteiger partial charge in [0.15, 0.2) is 5.71 Å². The first-order valence-corrected chi connectivity index (χ1v) is 26.9. The van der Waals surface area contributed by atoms with Crippen LogP contribution in [0.5, 0.6) is 0 Å². The van der Waals surface area contributed by atoms with Gasteiger partial charge in [-0.2, -0.15) is 21.4 Å². The number of nitrogens with one attached hydrogen (secondary N) is 2. The maximum absolute atomic E-state index is 13.3. The average molecular weight is 1070 g/mol. The second-order valence-corrected chi connectivity index (χ2v) is 22.2. The number of unbranched alkanes of at least 4 members (excludes halogenated alkanes) is 2. The highest BCUT2D eigenvalue weighted by molar-refractivity contribution is 7.86. The van der Waals surface area contributed by atoms with E-state index < -0.39 is 130 Å². The van der Waals surface area contributed by atoms with Crippen LogP contribution in [-0.2, 0) is 31.1 Å². The van der Waals surface area contributed by atoms with E-state index in [1.54, 1.807) is 66.8 Å². The summed E-state index contributed by atoms with van der Waals surface area (Å²) in [5.41, 5.74) is 3.55. The number of nitrogens with zero attached hydrogens (tertiary/aromatic N) is 2. The zero-order valence-corrected chi connectivity index (χ0v) is 42.8. The largest absolute Gasteiger partial charge is 0.394 e. The Kier molecular flexibility index (Phi) is 21.8. The smallest absolute Gasteiger partial charge is 0.264 e. The normalized spacial score (nSPS) is 19.5. The lowest BCUT2D eigenvalue weighted by molar-refractivity contribution is -0.438. The van der Waals surface area contributed by atoms with Gasteiger partial charge < -0.3 is 66.6 Å². The Morgan fingerprint density at radius 3 is 1.60 bits per heavy atom. The van der Waals surface area contributed by atoms with E-state index in [9.17, 15) is 76.4 Å². The Bertz CT molecular complexity index is 2630. The number of benzene rings is 2. The van der Waals surface area contributed by atoms with Gasteiger partial charge in [-0.1, -0.05) is 44.2 Å². The van der Waals surface area contributed by atoms with Crippen LogP contribution < -0.4 is 15.5 Å². The highest BCUT2D eigenvalue weighted by Crippen LogP contribution is 2.48. The Balaban J connectivity index is 1.57. The number of anilines is 1. The molecule has 0 saturated heterocycles. The van der Waals surface area contributed by atoms with E-state index in [-0.39, 0.29) is 24.0 Å². The first-order chi connectivity index (χ1) is 34.1. The van der Waals surface area contributed by atoms with E-state index in [1.165, 1.54) is 0 Å². The molecule has 2 aromatic carbocycles. The molecule has 2 aromatic rings. The van der Waals surface area contributed by atoms with Gasteiger partial charge in [-0.25, -0.2) is 0 Å². The fourth-order valence-electron chi connectivity index (χ4n) is 8.68. The minimum Gasteiger partial charge on any atom is -0.394 e. The van der Waals surface area contributed by atoms with Gasteiger partial charge in [-0.3, -0.25) is 18.7 Å². The van der Waals surface area contributed by atoms with E-state index in [2.05, 4.69) is 10.6 Å². The molecular formula is C49H71N4O18S2+. The van der Waals surface area contributed by atoms with Gasteiger partial charge in [0.05, 0.1) is 42.3 Å². The predicted octanol–water partition coefficient (Wildman–Crippen LogP) is -0.919. The number of rotatable bonds is 28. The zero-order chi connectivity index (χ0) is 54.6. The number of aliphatic hydroxyl groups is 10. The monoisotopic (exact) mass is 1070 g/mol. The third kappa shape index (κ3) is 16.1. The van der Waals surface area contributed by atoms with Gasteiger partial charge in [0.25, 0.3) is 32.1 Å². The van der Waals surface area contributed by atoms with Crippen LogP contribution in [0.3, 0.4) is 0 Å². The number of carbonyl (C=O) groups excluding carboxylic acids is 2. The molecule has 2 heterocycles. The molecule has 406 valence electrons. The molecule has 0 bridgehead atoms. The Morgan fingerprint density at radius 1 is 0.616 bits per heavy atom. The summed E-state index contributed by atoms with van der Waals surface area (Å²) < 4.78 is 66.5. The molecule has 22 nitrogen and oxygen atoms in total. The molecule has 24 heteroatoms. The number of hydrogen-bond acceptors (Lipinski definition) is 17. The van der Waals surface area contributed by atoms with Gasteiger partial charge in [-0.05, 0) is 75.1 Å². The topological polar surface area (TPSA) is 375 Å². The van der Waals surface area contributed by atoms with Crippen LogP contribution in [0.2, 0.25) is 0 Å². The molecule has 73 heavy (non-hydrogen) atoms. The van der Waals surface area contributed by atoms with E-state index in [0.717, 1.165) is 33.9 Å². The lowest BCUT2D eigenvalue weighted by Crippen LogP contribution is -2.49. The van der Waals surface area contributed by atoms with Gasteiger partial charge in [0.1, 0.15) is 43.2 Å². The van der Waals surface area contributed by atoms with Gasteiger partial charge >= 0.3 is 0 Å². The van der Waals surface area contributed by atoms with Crippen molar-refractivity contribution in [3.8, 4) is 0 Å². The maximum Gasteiger partial charge on any atom is 0.264 e. The van der Waals surface area contributed by atoms with Crippen molar-refractivity contribution >= 4 is 49.1 Å². The van der Waals surface area contributed by atoms with Crippen molar-refractivity contribution in [3.05, 3.63) is 107 Å². The third-order valence-electron chi connectivity index (χ3n) is 12.9. The van der Waals surface area contributed by atoms with Crippen molar-refractivity contribution < 1.29 is 91.2 Å². The Morgan fingerprint density at radius 2 is 1.08 bits per heavy atom. The molecule has 2 aliphatic rings. The number of carbonyl (C=O) groups is 2. The standard InChI is InChI=1S/C49H70N4O18S2/c1-48(2)32-24-30(46(64)50-26-36(56)42(60)44(62)38(58)28-54)16-18-34(32)52(20-10-12-22-72(66,67)68)40(48)14-8-6-5-7-9-15-41-49(3,4)33-25-31(17-19-35(33)53(41)21-11-13-23-73(69,70)71)47(65)51-27-37(57)43(61)45(63)39(59)29-55/h5-9,14-19,24-25,36-39,42-45,54-63H,10-13,20-23,26-29H2,1-4H3,(H3-,50,51,64,65,66,67,68,69,70,71)/p+1/t36-,37-,38+,39+,42+,43+,44+,45+/m1/s1. The molecule has 0 spiro atoms. The summed E-state index contributed by atoms with van der Waals surface area (Å²) in [4.78, 5) is 28.5. The molecule has 4 rings (SSSR count). The van der Waals surface area contributed by atoms with Crippen molar-refractivity contribution in [2.45, 2.75) is 113 Å². The Hall–Kier alpha value is -4.77. The fraction of sp³-hybridized carbons (Fsp3) is 0.531. The minimum absolute atomic E-state index is 0.172. The molecule has 0 fully saturated rings. The zero-order valence-electron chi connectivity index (χ0n) is 41.1. The molecule has 2 amide bonds. The number of hydrogen-bond donors (Lipinski definition) is 14. The number of amides is 2. The molecular weight excluding hydrogens is 997 g/mol. The Labute approximate surface area is 425 Å². The molecule has 8 atom stereocenters. The van der Waals surface area contributed by atoms with Crippen molar-refractivity contribution in [3.63, 3.8) is 0 Å². The van der Waals surface area contributed by atoms with Crippen molar-refractivity contribution in [2.24, 2.45) is 0 Å². The summed E-state index contributed by atoms with van der Waals surface area (Å²) in [6.45, 7) is 5.77. The van der Waals surface area contributed by atoms with Crippen molar-refractivity contribution in [1.29, 1.82) is 0 Å². The first kappa shape index (κ1) is 60.8. The quantitative estimate of drug-likeness (QED) is 0.0212. The molecule has 0 saturated carbocycles. The van der Waals surface area contributed by atoms with Crippen molar-refractivity contribution in [2.75, 3.05) is 55.8 Å². The summed E-state index contributed by atoms with van der Waals surface area (Å²) >= 11 is 0. The van der Waals surface area contributed by atoms with Gasteiger partial charge in [0, 0.05) is 71.7 Å². The van der Waals surface area contributed by atoms with Crippen molar-refractivity contribution in [1.82, 2.24) is 10.6 Å². The molecule has 0 aromatic heterocycles. The summed E-state index contributed by atoms with van der Waals surface area (Å²) in [5.74, 6) is -2.08. The second-order valence-electron chi connectivity index (χ2n) is 19.1. The third-order valence-corrected chi connectivity index (χ3v) is 14.5. The summed E-state index contributed by atoms with van der Waals surface area (Å²) in [7, 11) is -8.38. The van der Waals surface area contributed by atoms with Gasteiger partial charge in [0.2, 0.25) is 5.69 Å². The first-order valence-electron chi connectivity index (χ1n) is 23.6. The maximum atomic E-state index is 13.3. The summed E-state index contributed by atoms with van der Waals surface area (Å²) in [6, 6.07) is 9.92. The average Bonchev–Trinajstić information content (AvgIpc) is 3.68. The molecule has 0 aliphatic carbocycles. The number of aliphatic hydroxyl groups excluding tert-OH is 10. The summed E-state index contributed by atoms with van der Waals surface area (Å²) in [6.07, 6.45) is -0.458. The highest BCUT2D eigenvalue weighted by atomic mass is 32.2. The molecule has 14 N–H and O–H groups in total. The molecule has 0 radical (unpaired) electrons. The van der Waals surface area contributed by atoms with Crippen LogP contribution in [0.4, 0.5) is 11.4 Å². The predicted molar refractivity (Wildman–Crippen MR) is 270 cm³/mol. The van der Waals surface area contributed by atoms with Crippen LogP contribution in [0.25, 0.3) is 0 Å². The lowest BCUT2D eigenvalue weighted by Gasteiger charge is -2.27. The van der Waals surface area contributed by atoms with E-state index in [4.69, 9.17) is 10.2 Å². The van der Waals surface area contributed by atoms with E-state index in [1.807, 2.05) is 49.3 Å². The second kappa shape index (κ2) is 26.1. The molecule has 0 unspecified atom stereocenters. The number of allylic oxidation sites excluding steroid dienone is 8. The fourth-order valence-corrected chi connectivity index (χ4v) is 9.81.